The summed E-state index contributed by atoms with van der Waals surface area (Å²) in [6, 6.07) is 0. The number of esters is 2. The summed E-state index contributed by atoms with van der Waals surface area (Å²) in [5, 5.41) is 0. The van der Waals surface area contributed by atoms with Crippen molar-refractivity contribution in [3.05, 3.63) is 12.2 Å². The lowest BCUT2D eigenvalue weighted by atomic mass is 10.0. The van der Waals surface area contributed by atoms with Crippen LogP contribution in [0, 0.1) is 0 Å². The van der Waals surface area contributed by atoms with Crippen LogP contribution in [-0.2, 0) is 19.1 Å². The van der Waals surface area contributed by atoms with Crippen molar-refractivity contribution in [2.75, 3.05) is 6.61 Å². The molecule has 4 nitrogen and oxygen atoms in total. The Bertz CT molecular complexity index is 323. The fraction of sp³-hybridized carbons (Fsp3) is 0.778. The topological polar surface area (TPSA) is 52.6 Å². The number of hydrogen-bond acceptors (Lipinski definition) is 4. The predicted molar refractivity (Wildman–Crippen MR) is 88.6 cm³/mol. The molecule has 0 aromatic carbocycles. The summed E-state index contributed by atoms with van der Waals surface area (Å²) in [5.41, 5.74) is 0. The third-order valence-electron chi connectivity index (χ3n) is 3.41. The first-order valence-corrected chi connectivity index (χ1v) is 8.51. The van der Waals surface area contributed by atoms with E-state index in [9.17, 15) is 9.59 Å². The zero-order chi connectivity index (χ0) is 16.6. The van der Waals surface area contributed by atoms with Crippen LogP contribution < -0.4 is 0 Å². The molecule has 0 N–H and O–H groups in total. The number of rotatable bonds is 13. The Balaban J connectivity index is 3.82. The molecule has 0 aromatic heterocycles. The summed E-state index contributed by atoms with van der Waals surface area (Å²) in [4.78, 5) is 21.8. The molecule has 0 aromatic rings. The molecule has 0 saturated carbocycles. The van der Waals surface area contributed by atoms with Crippen molar-refractivity contribution in [2.45, 2.75) is 84.7 Å². The number of ether oxygens (including phenoxy) is 2. The standard InChI is InChI=1S/C18H32O4/c1-4-5-6-7-8-9-10-13-18(22-17(3)20)14-11-12-15-21-16(2)19/h11-12,18H,4-10,13-15H2,1-3H3/b12-11-. The van der Waals surface area contributed by atoms with Crippen LogP contribution in [0.3, 0.4) is 0 Å². The fourth-order valence-corrected chi connectivity index (χ4v) is 2.27. The molecule has 0 radical (unpaired) electrons. The summed E-state index contributed by atoms with van der Waals surface area (Å²) in [6.45, 7) is 5.33. The minimum atomic E-state index is -0.288. The van der Waals surface area contributed by atoms with E-state index < -0.39 is 0 Å². The molecule has 4 heteroatoms. The molecule has 0 aliphatic carbocycles. The van der Waals surface area contributed by atoms with E-state index >= 15 is 0 Å². The maximum absolute atomic E-state index is 11.1. The maximum Gasteiger partial charge on any atom is 0.302 e. The summed E-state index contributed by atoms with van der Waals surface area (Å²) < 4.78 is 10.1. The predicted octanol–water partition coefficient (Wildman–Crippen LogP) is 4.57. The molecule has 0 amide bonds. The largest absolute Gasteiger partial charge is 0.462 e. The Morgan fingerprint density at radius 1 is 0.909 bits per heavy atom. The first-order valence-electron chi connectivity index (χ1n) is 8.51. The molecule has 0 aliphatic rings. The van der Waals surface area contributed by atoms with Gasteiger partial charge in [-0.2, -0.15) is 0 Å². The molecule has 0 bridgehead atoms. The van der Waals surface area contributed by atoms with Crippen molar-refractivity contribution in [3.63, 3.8) is 0 Å². The normalized spacial score (nSPS) is 12.3. The monoisotopic (exact) mass is 312 g/mol. The van der Waals surface area contributed by atoms with Crippen molar-refractivity contribution >= 4 is 11.9 Å². The van der Waals surface area contributed by atoms with Gasteiger partial charge in [-0.3, -0.25) is 9.59 Å². The van der Waals surface area contributed by atoms with Gasteiger partial charge < -0.3 is 9.47 Å². The van der Waals surface area contributed by atoms with E-state index in [4.69, 9.17) is 9.47 Å². The van der Waals surface area contributed by atoms with Gasteiger partial charge in [0.15, 0.2) is 0 Å². The first kappa shape index (κ1) is 20.7. The Kier molecular flexibility index (Phi) is 13.7. The van der Waals surface area contributed by atoms with Crippen LogP contribution in [0.2, 0.25) is 0 Å². The van der Waals surface area contributed by atoms with E-state index in [2.05, 4.69) is 6.92 Å². The molecule has 0 saturated heterocycles. The molecule has 0 spiro atoms. The van der Waals surface area contributed by atoms with E-state index in [1.165, 1.54) is 52.4 Å². The lowest BCUT2D eigenvalue weighted by Crippen LogP contribution is -2.15. The smallest absolute Gasteiger partial charge is 0.302 e. The van der Waals surface area contributed by atoms with Gasteiger partial charge in [0.1, 0.15) is 12.7 Å². The van der Waals surface area contributed by atoms with Gasteiger partial charge in [-0.1, -0.05) is 57.6 Å². The molecule has 128 valence electrons. The highest BCUT2D eigenvalue weighted by molar-refractivity contribution is 5.66. The minimum absolute atomic E-state index is 0.0679. The second-order valence-electron chi connectivity index (χ2n) is 5.65. The summed E-state index contributed by atoms with van der Waals surface area (Å²) in [6.07, 6.45) is 14.0. The number of carbonyl (C=O) groups is 2. The average molecular weight is 312 g/mol. The number of carbonyl (C=O) groups excluding carboxylic acids is 2. The molecule has 0 aliphatic heterocycles. The van der Waals surface area contributed by atoms with Gasteiger partial charge in [-0.25, -0.2) is 0 Å². The van der Waals surface area contributed by atoms with Gasteiger partial charge >= 0.3 is 11.9 Å². The van der Waals surface area contributed by atoms with Gasteiger partial charge in [0.2, 0.25) is 0 Å². The molecule has 0 fully saturated rings. The van der Waals surface area contributed by atoms with Gasteiger partial charge in [0.25, 0.3) is 0 Å². The van der Waals surface area contributed by atoms with E-state index in [0.717, 1.165) is 12.8 Å². The van der Waals surface area contributed by atoms with Crippen LogP contribution in [0.5, 0.6) is 0 Å². The molecular formula is C18H32O4. The second kappa shape index (κ2) is 14.6. The first-order chi connectivity index (χ1) is 10.6. The Morgan fingerprint density at radius 3 is 2.14 bits per heavy atom. The number of hydrogen-bond donors (Lipinski definition) is 0. The van der Waals surface area contributed by atoms with Crippen LogP contribution >= 0.6 is 0 Å². The third-order valence-corrected chi connectivity index (χ3v) is 3.41. The van der Waals surface area contributed by atoms with Gasteiger partial charge in [0.05, 0.1) is 0 Å². The van der Waals surface area contributed by atoms with E-state index in [0.29, 0.717) is 6.42 Å². The maximum atomic E-state index is 11.1. The van der Waals surface area contributed by atoms with E-state index in [1.54, 1.807) is 6.08 Å². The Labute approximate surface area is 135 Å². The van der Waals surface area contributed by atoms with Gasteiger partial charge in [-0.05, 0) is 12.8 Å². The third kappa shape index (κ3) is 15.1. The van der Waals surface area contributed by atoms with Crippen molar-refractivity contribution in [2.24, 2.45) is 0 Å². The highest BCUT2D eigenvalue weighted by Gasteiger charge is 2.09. The van der Waals surface area contributed by atoms with Crippen molar-refractivity contribution in [1.82, 2.24) is 0 Å². The van der Waals surface area contributed by atoms with Gasteiger partial charge in [-0.15, -0.1) is 0 Å². The van der Waals surface area contributed by atoms with Crippen LogP contribution in [0.1, 0.15) is 78.6 Å². The zero-order valence-electron chi connectivity index (χ0n) is 14.4. The Hall–Kier alpha value is -1.32. The molecule has 0 heterocycles. The fourth-order valence-electron chi connectivity index (χ4n) is 2.27. The van der Waals surface area contributed by atoms with Crippen LogP contribution in [-0.4, -0.2) is 24.6 Å². The van der Waals surface area contributed by atoms with Crippen LogP contribution in [0.15, 0.2) is 12.2 Å². The lowest BCUT2D eigenvalue weighted by Gasteiger charge is -2.15. The van der Waals surface area contributed by atoms with E-state index in [1.807, 2.05) is 6.08 Å². The summed E-state index contributed by atoms with van der Waals surface area (Å²) in [7, 11) is 0. The molecule has 22 heavy (non-hydrogen) atoms. The van der Waals surface area contributed by atoms with Gasteiger partial charge in [0, 0.05) is 20.3 Å². The van der Waals surface area contributed by atoms with Crippen molar-refractivity contribution in [1.29, 1.82) is 0 Å². The zero-order valence-corrected chi connectivity index (χ0v) is 14.4. The summed E-state index contributed by atoms with van der Waals surface area (Å²) >= 11 is 0. The molecule has 1 atom stereocenters. The van der Waals surface area contributed by atoms with Crippen molar-refractivity contribution < 1.29 is 19.1 Å². The quantitative estimate of drug-likeness (QED) is 0.284. The molecule has 1 unspecified atom stereocenters. The molecule has 0 rings (SSSR count). The average Bonchev–Trinajstić information content (AvgIpc) is 2.44. The van der Waals surface area contributed by atoms with E-state index in [-0.39, 0.29) is 24.6 Å². The summed E-state index contributed by atoms with van der Waals surface area (Å²) in [5.74, 6) is -0.523. The minimum Gasteiger partial charge on any atom is -0.462 e. The lowest BCUT2D eigenvalue weighted by molar-refractivity contribution is -0.146. The SMILES string of the molecule is CCCCCCCCCC(C/C=C\COC(C)=O)OC(C)=O. The molecular weight excluding hydrogens is 280 g/mol. The highest BCUT2D eigenvalue weighted by Crippen LogP contribution is 2.14. The van der Waals surface area contributed by atoms with Crippen molar-refractivity contribution in [3.8, 4) is 0 Å². The number of unbranched alkanes of at least 4 members (excludes halogenated alkanes) is 6. The second-order valence-corrected chi connectivity index (χ2v) is 5.65. The van der Waals surface area contributed by atoms with Crippen LogP contribution in [0.4, 0.5) is 0 Å². The van der Waals surface area contributed by atoms with Crippen LogP contribution in [0.25, 0.3) is 0 Å². The highest BCUT2D eigenvalue weighted by atomic mass is 16.5. The Morgan fingerprint density at radius 2 is 1.55 bits per heavy atom.